The highest BCUT2D eigenvalue weighted by Gasteiger charge is 2.62. The first-order valence-electron chi connectivity index (χ1n) is 17.3. The molecule has 2 aromatic carbocycles. The molecule has 2 unspecified atom stereocenters. The zero-order valence-electron chi connectivity index (χ0n) is 29.5. The summed E-state index contributed by atoms with van der Waals surface area (Å²) in [4.78, 5) is 19.3. The Morgan fingerprint density at radius 3 is 2.29 bits per heavy atom. The van der Waals surface area contributed by atoms with Crippen molar-refractivity contribution < 1.29 is 4.79 Å². The Morgan fingerprint density at radius 1 is 1.08 bits per heavy atom. The maximum atomic E-state index is 13.2. The SMILES string of the molecule is C=C(c1ccc2c(c1)CCc1cc(C(=O)N(C)C)ccc1C2(CC1(NCC(C)(C)N2C(C#N)C[C@@H]3[C@H](C)[C@@H]32)CC1)c1nn[nH]n1)N(C)C. The van der Waals surface area contributed by atoms with Crippen LogP contribution in [0.2, 0.25) is 0 Å². The summed E-state index contributed by atoms with van der Waals surface area (Å²) in [5.74, 6) is 1.93. The number of H-pyrrole nitrogens is 1. The van der Waals surface area contributed by atoms with E-state index in [1.807, 2.05) is 25.1 Å². The van der Waals surface area contributed by atoms with E-state index in [1.54, 1.807) is 19.0 Å². The molecule has 0 spiro atoms. The number of rotatable bonds is 10. The first kappa shape index (κ1) is 32.5. The highest BCUT2D eigenvalue weighted by Crippen LogP contribution is 2.57. The van der Waals surface area contributed by atoms with Gasteiger partial charge in [-0.2, -0.15) is 10.5 Å². The van der Waals surface area contributed by atoms with Gasteiger partial charge in [-0.3, -0.25) is 9.69 Å². The number of tetrazole rings is 1. The summed E-state index contributed by atoms with van der Waals surface area (Å²) >= 11 is 0. The number of piperidine rings is 1. The third-order valence-corrected chi connectivity index (χ3v) is 11.9. The third kappa shape index (κ3) is 5.23. The van der Waals surface area contributed by atoms with E-state index in [9.17, 15) is 10.1 Å². The lowest BCUT2D eigenvalue weighted by Gasteiger charge is -2.42. The molecule has 2 N–H and O–H groups in total. The molecule has 3 fully saturated rings. The zero-order chi connectivity index (χ0) is 34.2. The summed E-state index contributed by atoms with van der Waals surface area (Å²) in [5, 5.41) is 30.5. The predicted octanol–water partition coefficient (Wildman–Crippen LogP) is 4.39. The number of nitrogens with zero attached hydrogens (tertiary/aromatic N) is 7. The van der Waals surface area contributed by atoms with Gasteiger partial charge < -0.3 is 15.1 Å². The number of hydrogen-bond acceptors (Lipinski definition) is 8. The van der Waals surface area contributed by atoms with Gasteiger partial charge in [-0.05, 0) is 110 Å². The van der Waals surface area contributed by atoms with Crippen molar-refractivity contribution in [1.29, 1.82) is 5.26 Å². The Kier molecular flexibility index (Phi) is 7.80. The van der Waals surface area contributed by atoms with Crippen LogP contribution in [0.1, 0.15) is 90.5 Å². The van der Waals surface area contributed by atoms with E-state index in [0.717, 1.165) is 67.5 Å². The highest BCUT2D eigenvalue weighted by atomic mass is 16.2. The minimum Gasteiger partial charge on any atom is -0.378 e. The molecule has 3 aliphatic carbocycles. The van der Waals surface area contributed by atoms with Gasteiger partial charge in [0.25, 0.3) is 5.91 Å². The van der Waals surface area contributed by atoms with E-state index < -0.39 is 5.41 Å². The Morgan fingerprint density at radius 2 is 1.73 bits per heavy atom. The number of benzene rings is 2. The second-order valence-corrected chi connectivity index (χ2v) is 15.8. The van der Waals surface area contributed by atoms with Gasteiger partial charge in [0, 0.05) is 63.1 Å². The first-order valence-corrected chi connectivity index (χ1v) is 17.3. The minimum atomic E-state index is -0.710. The standard InChI is InChI=1S/C38H49N9O/c1-23-30-19-29(20-39)47(33(23)30)36(3,4)22-40-37(15-16-37)21-38(35-41-43-44-42-35)31-13-11-25(24(2)45(5)6)17-26(31)9-10-27-18-28(12-14-32(27)38)34(48)46(7)8/h11-14,17-18,23,29-30,33,40H,2,9-10,15-16,19,21-22H2,1,3-8H3,(H,41,42,43,44)/t23-,29?,30+,33-,38?/m0/s1. The van der Waals surface area contributed by atoms with Gasteiger partial charge >= 0.3 is 0 Å². The molecule has 4 aliphatic rings. The Bertz CT molecular complexity index is 1710. The average molecular weight is 648 g/mol. The van der Waals surface area contributed by atoms with Gasteiger partial charge in [-0.15, -0.1) is 10.2 Å². The number of fused-ring (bicyclic) bond motifs is 3. The molecule has 1 aliphatic heterocycles. The fraction of sp³-hybridized carbons (Fsp3) is 0.553. The van der Waals surface area contributed by atoms with Crippen molar-refractivity contribution in [2.45, 2.75) is 87.9 Å². The molecule has 1 amide bonds. The fourth-order valence-electron chi connectivity index (χ4n) is 8.96. The highest BCUT2D eigenvalue weighted by molar-refractivity contribution is 5.94. The summed E-state index contributed by atoms with van der Waals surface area (Å²) < 4.78 is 0. The summed E-state index contributed by atoms with van der Waals surface area (Å²) in [5.41, 5.74) is 6.35. The van der Waals surface area contributed by atoms with Gasteiger partial charge in [0.2, 0.25) is 0 Å². The quantitative estimate of drug-likeness (QED) is 0.333. The van der Waals surface area contributed by atoms with E-state index in [-0.39, 0.29) is 23.0 Å². The van der Waals surface area contributed by atoms with Crippen LogP contribution in [-0.4, -0.2) is 99.1 Å². The largest absolute Gasteiger partial charge is 0.378 e. The van der Waals surface area contributed by atoms with E-state index in [0.29, 0.717) is 29.3 Å². The second-order valence-electron chi connectivity index (χ2n) is 15.8. The number of amides is 1. The van der Waals surface area contributed by atoms with Gasteiger partial charge in [0.05, 0.1) is 17.5 Å². The van der Waals surface area contributed by atoms with Crippen molar-refractivity contribution in [1.82, 2.24) is 40.6 Å². The molecule has 5 atom stereocenters. The molecular weight excluding hydrogens is 598 g/mol. The van der Waals surface area contributed by atoms with Crippen molar-refractivity contribution in [3.05, 3.63) is 82.2 Å². The van der Waals surface area contributed by atoms with Crippen molar-refractivity contribution in [3.63, 3.8) is 0 Å². The summed E-state index contributed by atoms with van der Waals surface area (Å²) in [6, 6.07) is 16.0. The second kappa shape index (κ2) is 11.5. The number of carbonyl (C=O) groups is 1. The van der Waals surface area contributed by atoms with Gasteiger partial charge in [0.1, 0.15) is 0 Å². The number of nitrogens with one attached hydrogen (secondary N) is 2. The number of aromatic nitrogens is 4. The number of aromatic amines is 1. The molecule has 48 heavy (non-hydrogen) atoms. The van der Waals surface area contributed by atoms with Crippen molar-refractivity contribution in [3.8, 4) is 6.07 Å². The zero-order valence-corrected chi connectivity index (χ0v) is 29.5. The maximum absolute atomic E-state index is 13.2. The molecule has 1 saturated heterocycles. The number of carbonyl (C=O) groups excluding carboxylic acids is 1. The van der Waals surface area contributed by atoms with Crippen LogP contribution in [0, 0.1) is 23.2 Å². The van der Waals surface area contributed by atoms with Gasteiger partial charge in [0.15, 0.2) is 5.82 Å². The fourth-order valence-corrected chi connectivity index (χ4v) is 8.96. The van der Waals surface area contributed by atoms with Crippen LogP contribution in [0.5, 0.6) is 0 Å². The first-order chi connectivity index (χ1) is 22.8. The summed E-state index contributed by atoms with van der Waals surface area (Å²) in [7, 11) is 7.63. The molecule has 3 aromatic rings. The monoisotopic (exact) mass is 647 g/mol. The lowest BCUT2D eigenvalue weighted by Crippen LogP contribution is -2.57. The number of aryl methyl sites for hydroxylation is 2. The molecule has 10 heteroatoms. The normalized spacial score (nSPS) is 26.8. The van der Waals surface area contributed by atoms with Crippen molar-refractivity contribution in [2.24, 2.45) is 11.8 Å². The minimum absolute atomic E-state index is 0.0124. The van der Waals surface area contributed by atoms with Crippen molar-refractivity contribution >= 4 is 11.6 Å². The number of likely N-dealkylation sites (tertiary alicyclic amines) is 1. The van der Waals surface area contributed by atoms with Crippen LogP contribution in [0.15, 0.2) is 43.0 Å². The van der Waals surface area contributed by atoms with E-state index in [4.69, 9.17) is 5.10 Å². The molecule has 0 radical (unpaired) electrons. The van der Waals surface area contributed by atoms with Crippen LogP contribution in [0.3, 0.4) is 0 Å². The molecule has 2 saturated carbocycles. The lowest BCUT2D eigenvalue weighted by atomic mass is 9.67. The number of hydrogen-bond donors (Lipinski definition) is 2. The average Bonchev–Trinajstić information content (AvgIpc) is 3.78. The molecule has 252 valence electrons. The molecular formula is C38H49N9O. The smallest absolute Gasteiger partial charge is 0.253 e. The Hall–Kier alpha value is -4.07. The predicted molar refractivity (Wildman–Crippen MR) is 186 cm³/mol. The number of nitriles is 1. The molecule has 1 aromatic heterocycles. The molecule has 0 bridgehead atoms. The summed E-state index contributed by atoms with van der Waals surface area (Å²) in [6.07, 6.45) is 5.39. The van der Waals surface area contributed by atoms with Crippen LogP contribution in [0.4, 0.5) is 0 Å². The molecule has 2 heterocycles. The van der Waals surface area contributed by atoms with Crippen LogP contribution in [-0.2, 0) is 18.3 Å². The van der Waals surface area contributed by atoms with E-state index in [2.05, 4.69) is 89.5 Å². The third-order valence-electron chi connectivity index (χ3n) is 11.9. The van der Waals surface area contributed by atoms with Gasteiger partial charge in [-0.1, -0.05) is 36.9 Å². The Labute approximate surface area is 284 Å². The van der Waals surface area contributed by atoms with Crippen LogP contribution in [0.25, 0.3) is 5.70 Å². The van der Waals surface area contributed by atoms with Gasteiger partial charge in [-0.25, -0.2) is 0 Å². The van der Waals surface area contributed by atoms with E-state index in [1.165, 1.54) is 11.1 Å². The van der Waals surface area contributed by atoms with Crippen molar-refractivity contribution in [2.75, 3.05) is 34.7 Å². The summed E-state index contributed by atoms with van der Waals surface area (Å²) in [6.45, 7) is 12.0. The lowest BCUT2D eigenvalue weighted by molar-refractivity contribution is 0.0827. The van der Waals surface area contributed by atoms with E-state index >= 15 is 0 Å². The Balaban J connectivity index is 1.32. The topological polar surface area (TPSA) is 117 Å². The molecule has 7 rings (SSSR count). The molecule has 10 nitrogen and oxygen atoms in total. The van der Waals surface area contributed by atoms with Crippen LogP contribution < -0.4 is 5.32 Å². The van der Waals surface area contributed by atoms with Crippen LogP contribution >= 0.6 is 0 Å². The maximum Gasteiger partial charge on any atom is 0.253 e.